The summed E-state index contributed by atoms with van der Waals surface area (Å²) in [5.74, 6) is 0.477. The molecule has 0 radical (unpaired) electrons. The normalized spacial score (nSPS) is 14.7. The highest BCUT2D eigenvalue weighted by molar-refractivity contribution is 6.08. The molecule has 0 aliphatic carbocycles. The van der Waals surface area contributed by atoms with Crippen LogP contribution in [0, 0.1) is 6.92 Å². The van der Waals surface area contributed by atoms with Crippen LogP contribution >= 0.6 is 0 Å². The van der Waals surface area contributed by atoms with E-state index < -0.39 is 0 Å². The quantitative estimate of drug-likeness (QED) is 0.615. The van der Waals surface area contributed by atoms with Gasteiger partial charge in [-0.25, -0.2) is 4.79 Å². The molecular formula is C23H26N4O3. The molecule has 1 aliphatic heterocycles. The Labute approximate surface area is 175 Å². The van der Waals surface area contributed by atoms with E-state index in [4.69, 9.17) is 4.74 Å². The minimum absolute atomic E-state index is 0.204. The van der Waals surface area contributed by atoms with E-state index in [1.807, 2.05) is 0 Å². The lowest BCUT2D eigenvalue weighted by Gasteiger charge is -2.36. The number of aryl methyl sites for hydroxylation is 1. The number of rotatable bonds is 6. The van der Waals surface area contributed by atoms with Crippen molar-refractivity contribution >= 4 is 11.5 Å². The summed E-state index contributed by atoms with van der Waals surface area (Å²) < 4.78 is 5.15. The number of H-pyrrole nitrogens is 2. The highest BCUT2D eigenvalue weighted by atomic mass is 16.5. The number of piperazine rings is 1. The van der Waals surface area contributed by atoms with Crippen molar-refractivity contribution < 1.29 is 9.53 Å². The van der Waals surface area contributed by atoms with Crippen molar-refractivity contribution in [1.82, 2.24) is 14.9 Å². The lowest BCUT2D eigenvalue weighted by Crippen LogP contribution is -2.46. The van der Waals surface area contributed by atoms with Gasteiger partial charge in [0.05, 0.1) is 12.8 Å². The zero-order valence-corrected chi connectivity index (χ0v) is 17.3. The Morgan fingerprint density at radius 1 is 1.00 bits per heavy atom. The molecule has 1 saturated heterocycles. The summed E-state index contributed by atoms with van der Waals surface area (Å²) in [6.07, 6.45) is 0. The molecule has 7 nitrogen and oxygen atoms in total. The highest BCUT2D eigenvalue weighted by Gasteiger charge is 2.23. The maximum atomic E-state index is 12.9. The molecule has 156 valence electrons. The van der Waals surface area contributed by atoms with Gasteiger partial charge < -0.3 is 19.6 Å². The van der Waals surface area contributed by atoms with Gasteiger partial charge in [-0.15, -0.1) is 0 Å². The van der Waals surface area contributed by atoms with E-state index in [1.54, 1.807) is 31.4 Å². The number of methoxy groups -OCH3 is 1. The minimum Gasteiger partial charge on any atom is -0.497 e. The van der Waals surface area contributed by atoms with Gasteiger partial charge in [0, 0.05) is 44.0 Å². The zero-order chi connectivity index (χ0) is 21.1. The first kappa shape index (κ1) is 20.0. The number of imidazole rings is 1. The zero-order valence-electron chi connectivity index (χ0n) is 17.3. The van der Waals surface area contributed by atoms with E-state index >= 15 is 0 Å². The highest BCUT2D eigenvalue weighted by Crippen LogP contribution is 2.22. The van der Waals surface area contributed by atoms with E-state index in [0.717, 1.165) is 26.2 Å². The fourth-order valence-corrected chi connectivity index (χ4v) is 3.91. The Morgan fingerprint density at radius 3 is 2.37 bits per heavy atom. The van der Waals surface area contributed by atoms with Crippen molar-refractivity contribution in [3.8, 4) is 5.75 Å². The number of carbonyl (C=O) groups excluding carboxylic acids is 1. The number of nitrogens with one attached hydrogen (secondary N) is 2. The predicted octanol–water partition coefficient (Wildman–Crippen LogP) is 2.57. The molecule has 7 heteroatoms. The fraction of sp³-hybridized carbons (Fsp3) is 0.304. The Hall–Kier alpha value is -3.32. The average molecular weight is 406 g/mol. The number of aromatic amines is 2. The van der Waals surface area contributed by atoms with E-state index in [-0.39, 0.29) is 11.5 Å². The maximum Gasteiger partial charge on any atom is 0.323 e. The van der Waals surface area contributed by atoms with Crippen molar-refractivity contribution in [2.24, 2.45) is 0 Å². The fourth-order valence-electron chi connectivity index (χ4n) is 3.91. The van der Waals surface area contributed by atoms with E-state index in [9.17, 15) is 9.59 Å². The second kappa shape index (κ2) is 8.59. The summed E-state index contributed by atoms with van der Waals surface area (Å²) >= 11 is 0. The molecule has 0 atom stereocenters. The molecule has 3 aromatic rings. The van der Waals surface area contributed by atoms with Crippen LogP contribution in [-0.2, 0) is 6.54 Å². The number of carbonyl (C=O) groups is 1. The Morgan fingerprint density at radius 2 is 1.70 bits per heavy atom. The largest absolute Gasteiger partial charge is 0.497 e. The third kappa shape index (κ3) is 4.16. The van der Waals surface area contributed by atoms with Crippen LogP contribution in [0.5, 0.6) is 5.75 Å². The van der Waals surface area contributed by atoms with Crippen LogP contribution in [0.15, 0.2) is 53.3 Å². The topological polar surface area (TPSA) is 81.4 Å². The van der Waals surface area contributed by atoms with Gasteiger partial charge in [-0.2, -0.15) is 0 Å². The van der Waals surface area contributed by atoms with Gasteiger partial charge in [-0.1, -0.05) is 18.2 Å². The molecule has 1 aromatic heterocycles. The molecule has 2 aromatic carbocycles. The molecule has 0 unspecified atom stereocenters. The summed E-state index contributed by atoms with van der Waals surface area (Å²) in [5.41, 5.74) is 3.64. The van der Waals surface area contributed by atoms with Crippen LogP contribution in [0.3, 0.4) is 0 Å². The maximum absolute atomic E-state index is 12.9. The predicted molar refractivity (Wildman–Crippen MR) is 117 cm³/mol. The third-order valence-electron chi connectivity index (χ3n) is 5.59. The molecule has 30 heavy (non-hydrogen) atoms. The number of benzene rings is 2. The van der Waals surface area contributed by atoms with Crippen LogP contribution in [-0.4, -0.2) is 53.9 Å². The third-order valence-corrected chi connectivity index (χ3v) is 5.59. The molecule has 2 heterocycles. The van der Waals surface area contributed by atoms with Crippen molar-refractivity contribution in [1.29, 1.82) is 0 Å². The number of hydrogen-bond acceptors (Lipinski definition) is 5. The number of ether oxygens (including phenoxy) is 1. The van der Waals surface area contributed by atoms with Gasteiger partial charge in [0.2, 0.25) is 5.78 Å². The lowest BCUT2D eigenvalue weighted by molar-refractivity contribution is 0.103. The Kier molecular flexibility index (Phi) is 5.72. The molecule has 0 spiro atoms. The first-order chi connectivity index (χ1) is 14.5. The second-order valence-electron chi connectivity index (χ2n) is 7.54. The van der Waals surface area contributed by atoms with Crippen molar-refractivity contribution in [2.45, 2.75) is 13.5 Å². The number of aromatic nitrogens is 2. The first-order valence-corrected chi connectivity index (χ1v) is 10.1. The van der Waals surface area contributed by atoms with Crippen LogP contribution in [0.1, 0.15) is 27.3 Å². The average Bonchev–Trinajstić information content (AvgIpc) is 3.14. The molecule has 0 saturated carbocycles. The van der Waals surface area contributed by atoms with E-state index in [1.165, 1.54) is 11.3 Å². The standard InChI is InChI=1S/C23H26N4O3/c1-16-5-3-4-6-20(16)27-13-11-26(12-14-27)15-19-21(25-23(29)24-19)22(28)17-7-9-18(30-2)10-8-17/h3-10H,11-15H2,1-2H3,(H2,24,25,29). The lowest BCUT2D eigenvalue weighted by atomic mass is 10.1. The second-order valence-corrected chi connectivity index (χ2v) is 7.54. The number of nitrogens with zero attached hydrogens (tertiary/aromatic N) is 2. The molecule has 0 amide bonds. The molecule has 2 N–H and O–H groups in total. The van der Waals surface area contributed by atoms with Gasteiger partial charge in [0.1, 0.15) is 11.4 Å². The molecule has 1 fully saturated rings. The molecular weight excluding hydrogens is 380 g/mol. The first-order valence-electron chi connectivity index (χ1n) is 10.1. The van der Waals surface area contributed by atoms with Gasteiger partial charge in [0.25, 0.3) is 0 Å². The van der Waals surface area contributed by atoms with Crippen molar-refractivity contribution in [2.75, 3.05) is 38.2 Å². The number of hydrogen-bond donors (Lipinski definition) is 2. The molecule has 4 rings (SSSR count). The summed E-state index contributed by atoms with van der Waals surface area (Å²) in [6, 6.07) is 15.3. The van der Waals surface area contributed by atoms with E-state index in [2.05, 4.69) is 51.0 Å². The summed E-state index contributed by atoms with van der Waals surface area (Å²) in [7, 11) is 1.58. The monoisotopic (exact) mass is 406 g/mol. The van der Waals surface area contributed by atoms with Crippen LogP contribution in [0.2, 0.25) is 0 Å². The van der Waals surface area contributed by atoms with Gasteiger partial charge in [-0.05, 0) is 42.8 Å². The van der Waals surface area contributed by atoms with E-state index in [0.29, 0.717) is 29.2 Å². The Balaban J connectivity index is 1.45. The Bertz CT molecular complexity index is 1080. The molecule has 1 aliphatic rings. The van der Waals surface area contributed by atoms with Crippen LogP contribution < -0.4 is 15.3 Å². The molecule has 0 bridgehead atoms. The smallest absolute Gasteiger partial charge is 0.323 e. The van der Waals surface area contributed by atoms with Crippen molar-refractivity contribution in [3.63, 3.8) is 0 Å². The number of anilines is 1. The number of ketones is 1. The summed E-state index contributed by atoms with van der Waals surface area (Å²) in [6.45, 7) is 6.18. The van der Waals surface area contributed by atoms with Crippen LogP contribution in [0.4, 0.5) is 5.69 Å². The van der Waals surface area contributed by atoms with Gasteiger partial charge >= 0.3 is 5.69 Å². The number of para-hydroxylation sites is 1. The van der Waals surface area contributed by atoms with Gasteiger partial charge in [-0.3, -0.25) is 9.69 Å². The van der Waals surface area contributed by atoms with Crippen molar-refractivity contribution in [3.05, 3.63) is 81.5 Å². The van der Waals surface area contributed by atoms with Gasteiger partial charge in [0.15, 0.2) is 0 Å². The summed E-state index contributed by atoms with van der Waals surface area (Å²) in [5, 5.41) is 0. The summed E-state index contributed by atoms with van der Waals surface area (Å²) in [4.78, 5) is 35.0. The minimum atomic E-state index is -0.361. The van der Waals surface area contributed by atoms with Crippen LogP contribution in [0.25, 0.3) is 0 Å². The SMILES string of the molecule is COc1ccc(C(=O)c2[nH]c(=O)[nH]c2CN2CCN(c3ccccc3C)CC2)cc1.